The molecule has 1 atom stereocenters. The van der Waals surface area contributed by atoms with Gasteiger partial charge >= 0.3 is 0 Å². The number of carbonyl (C=O) groups excluding carboxylic acids is 2. The van der Waals surface area contributed by atoms with Gasteiger partial charge in [0.2, 0.25) is 5.91 Å². The second-order valence-electron chi connectivity index (χ2n) is 2.63. The van der Waals surface area contributed by atoms with Gasteiger partial charge in [-0.2, -0.15) is 5.10 Å². The van der Waals surface area contributed by atoms with Crippen LogP contribution >= 0.6 is 0 Å². The first kappa shape index (κ1) is 7.02. The van der Waals surface area contributed by atoms with E-state index in [0.717, 1.165) is 0 Å². The highest BCUT2D eigenvalue weighted by molar-refractivity contribution is 6.12. The molecule has 1 saturated heterocycles. The van der Waals surface area contributed by atoms with Crippen LogP contribution in [-0.2, 0) is 9.59 Å². The third-order valence-corrected chi connectivity index (χ3v) is 1.85. The lowest BCUT2D eigenvalue weighted by Crippen LogP contribution is -2.18. The van der Waals surface area contributed by atoms with Gasteiger partial charge in [0.15, 0.2) is 5.78 Å². The molecule has 0 spiro atoms. The summed E-state index contributed by atoms with van der Waals surface area (Å²) in [4.78, 5) is 22.3. The van der Waals surface area contributed by atoms with Crippen LogP contribution in [0.2, 0.25) is 0 Å². The van der Waals surface area contributed by atoms with Crippen LogP contribution in [0.25, 0.3) is 0 Å². The molecule has 2 rings (SSSR count). The molecule has 0 bridgehead atoms. The van der Waals surface area contributed by atoms with Crippen LogP contribution in [0.4, 0.5) is 0 Å². The smallest absolute Gasteiger partial charge is 0.237 e. The molecule has 5 heteroatoms. The Bertz CT molecular complexity index is 301. The van der Waals surface area contributed by atoms with E-state index in [2.05, 4.69) is 15.5 Å². The van der Waals surface area contributed by atoms with E-state index < -0.39 is 5.92 Å². The average molecular weight is 165 g/mol. The molecule has 2 heterocycles. The lowest BCUT2D eigenvalue weighted by Gasteiger charge is -1.99. The average Bonchev–Trinajstić information content (AvgIpc) is 2.61. The first-order valence-corrected chi connectivity index (χ1v) is 3.59. The first-order valence-electron chi connectivity index (χ1n) is 3.59. The highest BCUT2D eigenvalue weighted by atomic mass is 16.2. The molecule has 1 unspecified atom stereocenters. The van der Waals surface area contributed by atoms with Gasteiger partial charge in [0, 0.05) is 6.20 Å². The van der Waals surface area contributed by atoms with E-state index in [-0.39, 0.29) is 18.2 Å². The van der Waals surface area contributed by atoms with E-state index in [1.807, 2.05) is 0 Å². The SMILES string of the molecule is O=C1CNC(=O)C1c1ccn[nH]1. The number of nitrogens with zero attached hydrogens (tertiary/aromatic N) is 1. The second kappa shape index (κ2) is 2.44. The van der Waals surface area contributed by atoms with Crippen LogP contribution in [0, 0.1) is 0 Å². The minimum atomic E-state index is -0.674. The summed E-state index contributed by atoms with van der Waals surface area (Å²) >= 11 is 0. The van der Waals surface area contributed by atoms with Crippen LogP contribution in [0.15, 0.2) is 12.3 Å². The van der Waals surface area contributed by atoms with Crippen LogP contribution < -0.4 is 5.32 Å². The number of H-pyrrole nitrogens is 1. The molecular weight excluding hydrogens is 158 g/mol. The molecule has 2 N–H and O–H groups in total. The standard InChI is InChI=1S/C7H7N3O2/c11-5-3-8-7(12)6(5)4-1-2-9-10-4/h1-2,6H,3H2,(H,8,12)(H,9,10). The normalized spacial score (nSPS) is 22.8. The van der Waals surface area contributed by atoms with E-state index >= 15 is 0 Å². The van der Waals surface area contributed by atoms with Crippen molar-refractivity contribution >= 4 is 11.7 Å². The molecule has 12 heavy (non-hydrogen) atoms. The van der Waals surface area contributed by atoms with Gasteiger partial charge in [-0.3, -0.25) is 14.7 Å². The van der Waals surface area contributed by atoms with Gasteiger partial charge in [-0.1, -0.05) is 0 Å². The van der Waals surface area contributed by atoms with E-state index in [4.69, 9.17) is 0 Å². The molecule has 0 aromatic carbocycles. The number of ketones is 1. The molecule has 1 aliphatic heterocycles. The van der Waals surface area contributed by atoms with Crippen molar-refractivity contribution in [3.8, 4) is 0 Å². The fourth-order valence-corrected chi connectivity index (χ4v) is 1.27. The Hall–Kier alpha value is -1.65. The zero-order valence-electron chi connectivity index (χ0n) is 6.20. The summed E-state index contributed by atoms with van der Waals surface area (Å²) in [6.45, 7) is 0.127. The third-order valence-electron chi connectivity index (χ3n) is 1.85. The third kappa shape index (κ3) is 0.903. The zero-order valence-corrected chi connectivity index (χ0v) is 6.20. The first-order chi connectivity index (χ1) is 5.79. The monoisotopic (exact) mass is 165 g/mol. The summed E-state index contributed by atoms with van der Waals surface area (Å²) in [6, 6.07) is 1.63. The predicted octanol–water partition coefficient (Wildman–Crippen LogP) is -0.808. The van der Waals surface area contributed by atoms with Crippen LogP contribution in [0.3, 0.4) is 0 Å². The Morgan fingerprint density at radius 1 is 1.50 bits per heavy atom. The minimum Gasteiger partial charge on any atom is -0.348 e. The summed E-state index contributed by atoms with van der Waals surface area (Å²) in [5, 5.41) is 8.76. The molecule has 1 aromatic heterocycles. The lowest BCUT2D eigenvalue weighted by molar-refractivity contribution is -0.124. The van der Waals surface area contributed by atoms with Gasteiger partial charge in [0.25, 0.3) is 0 Å². The summed E-state index contributed by atoms with van der Waals surface area (Å²) < 4.78 is 0. The number of aromatic amines is 1. The number of aromatic nitrogens is 2. The van der Waals surface area contributed by atoms with Crippen molar-refractivity contribution in [1.82, 2.24) is 15.5 Å². The Morgan fingerprint density at radius 3 is 2.83 bits per heavy atom. The van der Waals surface area contributed by atoms with Gasteiger partial charge in [0.05, 0.1) is 12.2 Å². The lowest BCUT2D eigenvalue weighted by atomic mass is 10.0. The molecule has 0 aliphatic carbocycles. The largest absolute Gasteiger partial charge is 0.348 e. The van der Waals surface area contributed by atoms with Gasteiger partial charge in [-0.05, 0) is 6.07 Å². The second-order valence-corrected chi connectivity index (χ2v) is 2.63. The van der Waals surface area contributed by atoms with Crippen molar-refractivity contribution in [3.63, 3.8) is 0 Å². The molecule has 1 aliphatic rings. The fraction of sp³-hybridized carbons (Fsp3) is 0.286. The summed E-state index contributed by atoms with van der Waals surface area (Å²) in [7, 11) is 0. The molecule has 1 aromatic rings. The Balaban J connectivity index is 2.34. The summed E-state index contributed by atoms with van der Waals surface area (Å²) in [6.07, 6.45) is 1.52. The highest BCUT2D eigenvalue weighted by Gasteiger charge is 2.34. The number of carbonyl (C=O) groups is 2. The Labute approximate surface area is 68.2 Å². The van der Waals surface area contributed by atoms with Gasteiger partial charge < -0.3 is 5.32 Å². The Morgan fingerprint density at radius 2 is 2.33 bits per heavy atom. The molecule has 0 radical (unpaired) electrons. The minimum absolute atomic E-state index is 0.107. The predicted molar refractivity (Wildman–Crippen MR) is 39.3 cm³/mol. The van der Waals surface area contributed by atoms with Crippen molar-refractivity contribution in [1.29, 1.82) is 0 Å². The van der Waals surface area contributed by atoms with Gasteiger partial charge in [-0.25, -0.2) is 0 Å². The van der Waals surface area contributed by atoms with E-state index in [0.29, 0.717) is 5.69 Å². The molecular formula is C7H7N3O2. The van der Waals surface area contributed by atoms with Gasteiger partial charge in [-0.15, -0.1) is 0 Å². The molecule has 5 nitrogen and oxygen atoms in total. The summed E-state index contributed by atoms with van der Waals surface area (Å²) in [5.74, 6) is -1.03. The van der Waals surface area contributed by atoms with Crippen molar-refractivity contribution < 1.29 is 9.59 Å². The number of amides is 1. The maximum atomic E-state index is 11.2. The number of Topliss-reactive ketones (excluding diaryl/α,β-unsaturated/α-hetero) is 1. The Kier molecular flexibility index (Phi) is 1.43. The molecule has 1 amide bonds. The van der Waals surface area contributed by atoms with Crippen molar-refractivity contribution in [2.45, 2.75) is 5.92 Å². The number of rotatable bonds is 1. The van der Waals surface area contributed by atoms with E-state index in [1.165, 1.54) is 6.20 Å². The molecule has 62 valence electrons. The van der Waals surface area contributed by atoms with Crippen LogP contribution in [0.1, 0.15) is 11.6 Å². The van der Waals surface area contributed by atoms with E-state index in [1.54, 1.807) is 6.07 Å². The van der Waals surface area contributed by atoms with Crippen molar-refractivity contribution in [2.75, 3.05) is 6.54 Å². The van der Waals surface area contributed by atoms with E-state index in [9.17, 15) is 9.59 Å². The fourth-order valence-electron chi connectivity index (χ4n) is 1.27. The van der Waals surface area contributed by atoms with Gasteiger partial charge in [0.1, 0.15) is 5.92 Å². The summed E-state index contributed by atoms with van der Waals surface area (Å²) in [5.41, 5.74) is 0.565. The number of nitrogens with one attached hydrogen (secondary N) is 2. The molecule has 0 saturated carbocycles. The number of hydrogen-bond acceptors (Lipinski definition) is 3. The highest BCUT2D eigenvalue weighted by Crippen LogP contribution is 2.17. The van der Waals surface area contributed by atoms with Crippen LogP contribution in [-0.4, -0.2) is 28.4 Å². The maximum absolute atomic E-state index is 11.2. The van der Waals surface area contributed by atoms with Crippen molar-refractivity contribution in [3.05, 3.63) is 18.0 Å². The number of hydrogen-bond donors (Lipinski definition) is 2. The van der Waals surface area contributed by atoms with Crippen molar-refractivity contribution in [2.24, 2.45) is 0 Å². The quantitative estimate of drug-likeness (QED) is 0.534. The maximum Gasteiger partial charge on any atom is 0.237 e. The molecule has 1 fully saturated rings. The van der Waals surface area contributed by atoms with Crippen LogP contribution in [0.5, 0.6) is 0 Å². The zero-order chi connectivity index (χ0) is 8.55. The topological polar surface area (TPSA) is 74.8 Å².